The van der Waals surface area contributed by atoms with Crippen molar-refractivity contribution in [1.29, 1.82) is 0 Å². The smallest absolute Gasteiger partial charge is 0.254 e. The number of carbonyl (C=O) groups excluding carboxylic acids is 1. The van der Waals surface area contributed by atoms with Gasteiger partial charge in [-0.25, -0.2) is 4.98 Å². The van der Waals surface area contributed by atoms with Gasteiger partial charge in [-0.1, -0.05) is 41.8 Å². The molecule has 122 valence electrons. The largest absolute Gasteiger partial charge is 0.300 e. The fraction of sp³-hybridized carbons (Fsp3) is 0.462. The molecule has 23 heavy (non-hydrogen) atoms. The average Bonchev–Trinajstić information content (AvgIpc) is 3.07. The second-order valence-electron chi connectivity index (χ2n) is 4.91. The fourth-order valence-corrected chi connectivity index (χ4v) is 5.10. The zero-order chi connectivity index (χ0) is 16.4. The number of hydrogen-bond donors (Lipinski definition) is 1. The number of thioether (sulfide) groups is 2. The lowest BCUT2D eigenvalue weighted by atomic mass is 10.2. The van der Waals surface area contributed by atoms with Crippen molar-refractivity contribution >= 4 is 45.9 Å². The van der Waals surface area contributed by atoms with Crippen LogP contribution in [0.4, 0.5) is 5.13 Å². The van der Waals surface area contributed by atoms with Crippen molar-refractivity contribution in [3.05, 3.63) is 22.1 Å². The molecule has 0 spiro atoms. The first-order valence-corrected chi connectivity index (χ1v) is 9.84. The van der Waals surface area contributed by atoms with Gasteiger partial charge in [-0.3, -0.25) is 14.2 Å². The molecular formula is C13H15N5O2S3. The predicted molar refractivity (Wildman–Crippen MR) is 92.5 cm³/mol. The Kier molecular flexibility index (Phi) is 5.02. The second-order valence-corrected chi connectivity index (χ2v) is 8.39. The highest BCUT2D eigenvalue weighted by Crippen LogP contribution is 2.32. The van der Waals surface area contributed by atoms with Crippen LogP contribution in [-0.4, -0.2) is 37.2 Å². The molecule has 2 aromatic rings. The highest BCUT2D eigenvalue weighted by atomic mass is 32.2. The number of nitrogens with one attached hydrogen (secondary N) is 1. The molecule has 0 aliphatic carbocycles. The molecule has 7 nitrogen and oxygen atoms in total. The number of fused-ring (bicyclic) bond motifs is 1. The Labute approximate surface area is 145 Å². The van der Waals surface area contributed by atoms with E-state index in [-0.39, 0.29) is 23.9 Å². The third kappa shape index (κ3) is 3.75. The number of aryl methyl sites for hydroxylation is 1. The summed E-state index contributed by atoms with van der Waals surface area (Å²) >= 11 is 4.45. The van der Waals surface area contributed by atoms with E-state index in [4.69, 9.17) is 0 Å². The average molecular weight is 369 g/mol. The molecule has 3 rings (SSSR count). The van der Waals surface area contributed by atoms with E-state index in [0.717, 1.165) is 10.1 Å². The molecule has 0 saturated heterocycles. The van der Waals surface area contributed by atoms with E-state index in [1.165, 1.54) is 29.2 Å². The van der Waals surface area contributed by atoms with Crippen LogP contribution >= 0.6 is 34.9 Å². The lowest BCUT2D eigenvalue weighted by molar-refractivity contribution is -0.116. The van der Waals surface area contributed by atoms with Crippen LogP contribution < -0.4 is 10.9 Å². The lowest BCUT2D eigenvalue weighted by Gasteiger charge is -2.12. The predicted octanol–water partition coefficient (Wildman–Crippen LogP) is 2.19. The Bertz CT molecular complexity index is 788. The number of carbonyl (C=O) groups is 1. The van der Waals surface area contributed by atoms with Crippen LogP contribution in [0.2, 0.25) is 0 Å². The van der Waals surface area contributed by atoms with Gasteiger partial charge in [0.25, 0.3) is 5.56 Å². The first-order chi connectivity index (χ1) is 11.1. The summed E-state index contributed by atoms with van der Waals surface area (Å²) in [4.78, 5) is 28.7. The van der Waals surface area contributed by atoms with Gasteiger partial charge >= 0.3 is 0 Å². The molecule has 1 aliphatic rings. The molecule has 0 aromatic carbocycles. The van der Waals surface area contributed by atoms with Crippen molar-refractivity contribution in [2.75, 3.05) is 16.8 Å². The second kappa shape index (κ2) is 7.02. The quantitative estimate of drug-likeness (QED) is 0.491. The third-order valence-corrected chi connectivity index (χ3v) is 6.11. The number of nitrogens with zero attached hydrogens (tertiary/aromatic N) is 4. The van der Waals surface area contributed by atoms with Crippen LogP contribution in [0.25, 0.3) is 0 Å². The van der Waals surface area contributed by atoms with Gasteiger partial charge in [-0.15, -0.1) is 10.2 Å². The van der Waals surface area contributed by atoms with Crippen LogP contribution in [0.3, 0.4) is 0 Å². The molecule has 1 unspecified atom stereocenters. The maximum absolute atomic E-state index is 12.2. The van der Waals surface area contributed by atoms with Gasteiger partial charge in [0, 0.05) is 23.9 Å². The van der Waals surface area contributed by atoms with Gasteiger partial charge in [-0.05, 0) is 12.7 Å². The SMILES string of the molecule is CCSc1nnc(NC(=O)CC2CSc3nc(C)cc(=O)n32)s1. The summed E-state index contributed by atoms with van der Waals surface area (Å²) in [5.74, 6) is 1.42. The van der Waals surface area contributed by atoms with Gasteiger partial charge in [0.1, 0.15) is 0 Å². The molecule has 1 N–H and O–H groups in total. The van der Waals surface area contributed by atoms with Gasteiger partial charge < -0.3 is 5.32 Å². The van der Waals surface area contributed by atoms with Crippen LogP contribution in [-0.2, 0) is 4.79 Å². The molecular weight excluding hydrogens is 354 g/mol. The van der Waals surface area contributed by atoms with E-state index in [2.05, 4.69) is 20.5 Å². The summed E-state index contributed by atoms with van der Waals surface area (Å²) in [6, 6.07) is 1.33. The van der Waals surface area contributed by atoms with Crippen molar-refractivity contribution in [2.24, 2.45) is 0 Å². The highest BCUT2D eigenvalue weighted by molar-refractivity contribution is 8.01. The Morgan fingerprint density at radius 3 is 3.13 bits per heavy atom. The van der Waals surface area contributed by atoms with Crippen molar-refractivity contribution in [2.45, 2.75) is 35.8 Å². The molecule has 3 heterocycles. The summed E-state index contributed by atoms with van der Waals surface area (Å²) in [6.07, 6.45) is 0.223. The number of aromatic nitrogens is 4. The van der Waals surface area contributed by atoms with E-state index in [1.54, 1.807) is 23.3 Å². The lowest BCUT2D eigenvalue weighted by Crippen LogP contribution is -2.27. The number of amides is 1. The van der Waals surface area contributed by atoms with E-state index >= 15 is 0 Å². The van der Waals surface area contributed by atoms with Crippen molar-refractivity contribution in [3.63, 3.8) is 0 Å². The van der Waals surface area contributed by atoms with E-state index in [9.17, 15) is 9.59 Å². The standard InChI is InChI=1S/C13H15N5O2S3/c1-3-21-13-17-16-11(23-13)15-9(19)5-8-6-22-12-14-7(2)4-10(20)18(8)12/h4,8H,3,5-6H2,1-2H3,(H,15,16,19). The minimum Gasteiger partial charge on any atom is -0.300 e. The molecule has 1 atom stereocenters. The highest BCUT2D eigenvalue weighted by Gasteiger charge is 2.27. The zero-order valence-electron chi connectivity index (χ0n) is 12.6. The molecule has 10 heteroatoms. The van der Waals surface area contributed by atoms with Gasteiger partial charge in [0.2, 0.25) is 11.0 Å². The Morgan fingerprint density at radius 1 is 1.52 bits per heavy atom. The van der Waals surface area contributed by atoms with Crippen LogP contribution in [0.5, 0.6) is 0 Å². The number of anilines is 1. The van der Waals surface area contributed by atoms with Crippen LogP contribution in [0, 0.1) is 6.92 Å². The van der Waals surface area contributed by atoms with E-state index in [0.29, 0.717) is 21.7 Å². The summed E-state index contributed by atoms with van der Waals surface area (Å²) < 4.78 is 2.44. The van der Waals surface area contributed by atoms with Crippen molar-refractivity contribution < 1.29 is 4.79 Å². The van der Waals surface area contributed by atoms with Gasteiger partial charge in [-0.2, -0.15) is 0 Å². The maximum Gasteiger partial charge on any atom is 0.254 e. The van der Waals surface area contributed by atoms with Crippen molar-refractivity contribution in [3.8, 4) is 0 Å². The zero-order valence-corrected chi connectivity index (χ0v) is 15.1. The first-order valence-electron chi connectivity index (χ1n) is 7.06. The summed E-state index contributed by atoms with van der Waals surface area (Å²) in [7, 11) is 0. The molecule has 2 aromatic heterocycles. The third-order valence-electron chi connectivity index (χ3n) is 3.16. The monoisotopic (exact) mass is 369 g/mol. The van der Waals surface area contributed by atoms with Gasteiger partial charge in [0.15, 0.2) is 9.50 Å². The van der Waals surface area contributed by atoms with Crippen LogP contribution in [0.1, 0.15) is 25.1 Å². The fourth-order valence-electron chi connectivity index (χ4n) is 2.24. The molecule has 0 fully saturated rings. The molecule has 1 aliphatic heterocycles. The maximum atomic E-state index is 12.2. The molecule has 1 amide bonds. The Morgan fingerprint density at radius 2 is 2.35 bits per heavy atom. The van der Waals surface area contributed by atoms with E-state index in [1.807, 2.05) is 6.92 Å². The van der Waals surface area contributed by atoms with Gasteiger partial charge in [0.05, 0.1) is 6.04 Å². The Balaban J connectivity index is 1.67. The molecule has 0 bridgehead atoms. The number of rotatable bonds is 5. The minimum absolute atomic E-state index is 0.104. The molecule has 0 saturated carbocycles. The van der Waals surface area contributed by atoms with Crippen LogP contribution in [0.15, 0.2) is 20.4 Å². The number of hydrogen-bond acceptors (Lipinski definition) is 8. The summed E-state index contributed by atoms with van der Waals surface area (Å²) in [6.45, 7) is 3.83. The molecule has 0 radical (unpaired) electrons. The first kappa shape index (κ1) is 16.5. The Hall–Kier alpha value is -1.39. The minimum atomic E-state index is -0.173. The summed E-state index contributed by atoms with van der Waals surface area (Å²) in [5, 5.41) is 11.9. The summed E-state index contributed by atoms with van der Waals surface area (Å²) in [5.41, 5.74) is 0.599. The van der Waals surface area contributed by atoms with Crippen molar-refractivity contribution in [1.82, 2.24) is 19.7 Å². The van der Waals surface area contributed by atoms with E-state index < -0.39 is 0 Å². The normalized spacial score (nSPS) is 16.3. The topological polar surface area (TPSA) is 89.8 Å².